The summed E-state index contributed by atoms with van der Waals surface area (Å²) in [7, 11) is 0. The van der Waals surface area contributed by atoms with Crippen molar-refractivity contribution < 1.29 is 0 Å². The SMILES string of the molecule is CC.CCC1=CNC(C)(N2CCN(CC)CC2)C=N1. The van der Waals surface area contributed by atoms with E-state index in [1.165, 1.54) is 0 Å². The van der Waals surface area contributed by atoms with Gasteiger partial charge in [0.15, 0.2) is 0 Å². The molecule has 4 heteroatoms. The van der Waals surface area contributed by atoms with Crippen LogP contribution in [-0.2, 0) is 0 Å². The molecule has 4 nitrogen and oxygen atoms in total. The lowest BCUT2D eigenvalue weighted by molar-refractivity contribution is 0.0712. The Hall–Kier alpha value is -0.870. The molecule has 0 radical (unpaired) electrons. The van der Waals surface area contributed by atoms with E-state index in [-0.39, 0.29) is 5.66 Å². The van der Waals surface area contributed by atoms with Crippen LogP contribution in [0.25, 0.3) is 0 Å². The van der Waals surface area contributed by atoms with E-state index in [2.05, 4.69) is 53.3 Å². The lowest BCUT2D eigenvalue weighted by Crippen LogP contribution is -2.62. The lowest BCUT2D eigenvalue weighted by atomic mass is 10.1. The highest BCUT2D eigenvalue weighted by Crippen LogP contribution is 2.18. The van der Waals surface area contributed by atoms with Gasteiger partial charge in [0, 0.05) is 38.6 Å². The maximum absolute atomic E-state index is 4.53. The van der Waals surface area contributed by atoms with Crippen molar-refractivity contribution >= 4 is 6.21 Å². The molecule has 0 aromatic carbocycles. The molecule has 0 aromatic rings. The molecule has 1 N–H and O–H groups in total. The van der Waals surface area contributed by atoms with Crippen LogP contribution in [-0.4, -0.2) is 54.4 Å². The van der Waals surface area contributed by atoms with E-state index >= 15 is 0 Å². The number of rotatable bonds is 3. The Kier molecular flexibility index (Phi) is 6.52. The quantitative estimate of drug-likeness (QED) is 0.850. The van der Waals surface area contributed by atoms with Gasteiger partial charge in [-0.3, -0.25) is 9.89 Å². The second-order valence-electron chi connectivity index (χ2n) is 4.96. The molecule has 2 rings (SSSR count). The standard InChI is InChI=1S/C13H24N4.C2H6/c1-4-12-10-15-13(3,11-14-12)17-8-6-16(5-2)7-9-17;1-2/h10-11,15H,4-9H2,1-3H3;1-2H3. The average Bonchev–Trinajstić information content (AvgIpc) is 2.50. The van der Waals surface area contributed by atoms with Crippen molar-refractivity contribution in [3.8, 4) is 0 Å². The molecule has 2 aliphatic rings. The summed E-state index contributed by atoms with van der Waals surface area (Å²) in [6.45, 7) is 16.3. The van der Waals surface area contributed by atoms with Crippen LogP contribution in [0.3, 0.4) is 0 Å². The fourth-order valence-electron chi connectivity index (χ4n) is 2.41. The minimum atomic E-state index is -0.0987. The predicted molar refractivity (Wildman–Crippen MR) is 83.4 cm³/mol. The summed E-state index contributed by atoms with van der Waals surface area (Å²) in [5, 5.41) is 3.50. The van der Waals surface area contributed by atoms with Crippen LogP contribution in [0.1, 0.15) is 41.0 Å². The van der Waals surface area contributed by atoms with Gasteiger partial charge in [0.1, 0.15) is 5.66 Å². The molecule has 0 spiro atoms. The largest absolute Gasteiger partial charge is 0.367 e. The zero-order valence-corrected chi connectivity index (χ0v) is 13.2. The molecule has 0 saturated carbocycles. The number of allylic oxidation sites excluding steroid dienone is 1. The summed E-state index contributed by atoms with van der Waals surface area (Å²) in [4.78, 5) is 9.50. The van der Waals surface area contributed by atoms with Gasteiger partial charge >= 0.3 is 0 Å². The molecular formula is C15H30N4. The number of hydrogen-bond acceptors (Lipinski definition) is 4. The first-order chi connectivity index (χ1) is 9.18. The van der Waals surface area contributed by atoms with Crippen LogP contribution in [0.5, 0.6) is 0 Å². The van der Waals surface area contributed by atoms with Gasteiger partial charge in [-0.05, 0) is 19.9 Å². The molecule has 19 heavy (non-hydrogen) atoms. The molecule has 0 bridgehead atoms. The van der Waals surface area contributed by atoms with Gasteiger partial charge in [0.2, 0.25) is 0 Å². The number of aliphatic imine (C=N–C) groups is 1. The minimum absolute atomic E-state index is 0.0987. The van der Waals surface area contributed by atoms with Gasteiger partial charge in [-0.2, -0.15) is 0 Å². The van der Waals surface area contributed by atoms with E-state index in [4.69, 9.17) is 0 Å². The zero-order valence-electron chi connectivity index (χ0n) is 13.2. The molecule has 0 amide bonds. The average molecular weight is 266 g/mol. The zero-order chi connectivity index (χ0) is 14.3. The van der Waals surface area contributed by atoms with Crippen molar-refractivity contribution in [1.29, 1.82) is 0 Å². The van der Waals surface area contributed by atoms with Crippen molar-refractivity contribution in [2.75, 3.05) is 32.7 Å². The highest BCUT2D eigenvalue weighted by atomic mass is 15.4. The molecule has 0 aliphatic carbocycles. The second kappa shape index (κ2) is 7.65. The van der Waals surface area contributed by atoms with Gasteiger partial charge in [-0.25, -0.2) is 0 Å². The monoisotopic (exact) mass is 266 g/mol. The summed E-state index contributed by atoms with van der Waals surface area (Å²) in [5.74, 6) is 0. The first-order valence-electron chi connectivity index (χ1n) is 7.67. The third-order valence-electron chi connectivity index (χ3n) is 3.85. The summed E-state index contributed by atoms with van der Waals surface area (Å²) in [5.41, 5.74) is 1.04. The Bertz CT molecular complexity index is 316. The van der Waals surface area contributed by atoms with Gasteiger partial charge in [0.05, 0.1) is 5.70 Å². The third-order valence-corrected chi connectivity index (χ3v) is 3.85. The fraction of sp³-hybridized carbons (Fsp3) is 0.800. The van der Waals surface area contributed by atoms with Gasteiger partial charge < -0.3 is 10.2 Å². The second-order valence-corrected chi connectivity index (χ2v) is 4.96. The van der Waals surface area contributed by atoms with Crippen molar-refractivity contribution in [3.63, 3.8) is 0 Å². The summed E-state index contributed by atoms with van der Waals surface area (Å²) >= 11 is 0. The number of nitrogens with zero attached hydrogens (tertiary/aromatic N) is 3. The van der Waals surface area contributed by atoms with Gasteiger partial charge in [0.25, 0.3) is 0 Å². The van der Waals surface area contributed by atoms with Crippen LogP contribution in [0.15, 0.2) is 16.9 Å². The molecule has 1 saturated heterocycles. The number of nitrogens with one attached hydrogen (secondary N) is 1. The molecule has 1 atom stereocenters. The van der Waals surface area contributed by atoms with E-state index in [9.17, 15) is 0 Å². The number of likely N-dealkylation sites (N-methyl/N-ethyl adjacent to an activating group) is 1. The van der Waals surface area contributed by atoms with Crippen LogP contribution >= 0.6 is 0 Å². The Balaban J connectivity index is 0.000000861. The minimum Gasteiger partial charge on any atom is -0.367 e. The van der Waals surface area contributed by atoms with E-state index in [1.54, 1.807) is 0 Å². The van der Waals surface area contributed by atoms with Gasteiger partial charge in [-0.15, -0.1) is 0 Å². The Labute approximate surface area is 118 Å². The van der Waals surface area contributed by atoms with Gasteiger partial charge in [-0.1, -0.05) is 27.7 Å². The van der Waals surface area contributed by atoms with Crippen molar-refractivity contribution in [2.45, 2.75) is 46.7 Å². The summed E-state index contributed by atoms with van der Waals surface area (Å²) in [6, 6.07) is 0. The number of piperazine rings is 1. The van der Waals surface area contributed by atoms with Crippen molar-refractivity contribution in [3.05, 3.63) is 11.9 Å². The molecular weight excluding hydrogens is 236 g/mol. The van der Waals surface area contributed by atoms with Crippen molar-refractivity contribution in [1.82, 2.24) is 15.1 Å². The smallest absolute Gasteiger partial charge is 0.124 e. The summed E-state index contributed by atoms with van der Waals surface area (Å²) in [6.07, 6.45) is 5.11. The van der Waals surface area contributed by atoms with Crippen LogP contribution in [0.4, 0.5) is 0 Å². The Morgan fingerprint density at radius 3 is 2.26 bits per heavy atom. The fourth-order valence-corrected chi connectivity index (χ4v) is 2.41. The highest BCUT2D eigenvalue weighted by Gasteiger charge is 2.32. The van der Waals surface area contributed by atoms with Crippen LogP contribution in [0.2, 0.25) is 0 Å². The normalized spacial score (nSPS) is 28.2. The Morgan fingerprint density at radius 2 is 1.84 bits per heavy atom. The molecule has 2 aliphatic heterocycles. The maximum Gasteiger partial charge on any atom is 0.124 e. The Morgan fingerprint density at radius 1 is 1.21 bits per heavy atom. The summed E-state index contributed by atoms with van der Waals surface area (Å²) < 4.78 is 0. The molecule has 0 aromatic heterocycles. The van der Waals surface area contributed by atoms with E-state index in [1.807, 2.05) is 13.8 Å². The maximum atomic E-state index is 4.53. The van der Waals surface area contributed by atoms with Crippen molar-refractivity contribution in [2.24, 2.45) is 4.99 Å². The van der Waals surface area contributed by atoms with E-state index < -0.39 is 0 Å². The predicted octanol–water partition coefficient (Wildman–Crippen LogP) is 2.29. The van der Waals surface area contributed by atoms with E-state index in [0.717, 1.165) is 44.8 Å². The van der Waals surface area contributed by atoms with E-state index in [0.29, 0.717) is 0 Å². The van der Waals surface area contributed by atoms with Crippen LogP contribution in [0, 0.1) is 0 Å². The number of hydrogen-bond donors (Lipinski definition) is 1. The topological polar surface area (TPSA) is 30.9 Å². The van der Waals surface area contributed by atoms with Crippen LogP contribution < -0.4 is 5.32 Å². The lowest BCUT2D eigenvalue weighted by Gasteiger charge is -2.44. The molecule has 1 unspecified atom stereocenters. The molecule has 2 heterocycles. The first-order valence-corrected chi connectivity index (χ1v) is 7.67. The third kappa shape index (κ3) is 4.05. The molecule has 1 fully saturated rings. The highest BCUT2D eigenvalue weighted by molar-refractivity contribution is 5.71. The first kappa shape index (κ1) is 16.2. The molecule has 110 valence electrons.